The van der Waals surface area contributed by atoms with Crippen LogP contribution in [0.5, 0.6) is 0 Å². The second-order valence-corrected chi connectivity index (χ2v) is 14.1. The lowest BCUT2D eigenvalue weighted by Gasteiger charge is -2.33. The van der Waals surface area contributed by atoms with E-state index in [2.05, 4.69) is 13.6 Å². The summed E-state index contributed by atoms with van der Waals surface area (Å²) in [5.41, 5.74) is 5.79. The fourth-order valence-corrected chi connectivity index (χ4v) is 7.27. The number of phosphoric ester groups is 3. The van der Waals surface area contributed by atoms with Crippen LogP contribution in [0.4, 0.5) is 0 Å². The van der Waals surface area contributed by atoms with E-state index in [4.69, 9.17) is 19.5 Å². The average molecular weight is 693 g/mol. The number of nitrogens with two attached hydrogens (primary N) is 1. The van der Waals surface area contributed by atoms with Crippen molar-refractivity contribution in [3.63, 3.8) is 0 Å². The van der Waals surface area contributed by atoms with Gasteiger partial charge < -0.3 is 57.2 Å². The molecule has 0 aromatic heterocycles. The number of fused-ring (bicyclic) bond motifs is 2. The zero-order chi connectivity index (χ0) is 33.0. The maximum absolute atomic E-state index is 12.7. The minimum absolute atomic E-state index is 0.0171. The summed E-state index contributed by atoms with van der Waals surface area (Å²) >= 11 is 0. The standard InChI is InChI=1S/C29H34NO13P3/c30-12-13-39-45(34,35)40-16-14-38-15-17-41-46(36,37)43-22(19-42-44(31,32)33)18-21-10-11-27-25-8-2-5-20-4-1-7-24(28(20)25)26-9-3-6-23(21)29(26)27/h1-11,22H,12-19,30H2,(H,34,35)(H,36,37)(H2,31,32,33)/p-4. The Hall–Kier alpha value is -2.35. The van der Waals surface area contributed by atoms with Gasteiger partial charge in [0, 0.05) is 13.0 Å². The SMILES string of the molecule is NCCOP(=O)([O-])OCCOCCOP(=O)([O-])OC(COP(=O)([O-])[O-])Cc1ccc2c3cccc4cccc(c5cccc1c52)c43. The first-order chi connectivity index (χ1) is 21.9. The van der Waals surface area contributed by atoms with Gasteiger partial charge >= 0.3 is 0 Å². The Morgan fingerprint density at radius 1 is 0.609 bits per heavy atom. The molecular formula is C29H30NO13P3-4. The van der Waals surface area contributed by atoms with Crippen molar-refractivity contribution in [2.24, 2.45) is 5.73 Å². The summed E-state index contributed by atoms with van der Waals surface area (Å²) in [4.78, 5) is 46.6. The maximum Gasteiger partial charge on any atom is 0.268 e. The predicted octanol–water partition coefficient (Wildman–Crippen LogP) is 2.47. The number of benzene rings is 5. The number of ether oxygens (including phenoxy) is 1. The molecule has 3 unspecified atom stereocenters. The molecule has 0 saturated heterocycles. The van der Waals surface area contributed by atoms with Crippen molar-refractivity contribution in [1.29, 1.82) is 0 Å². The molecule has 0 spiro atoms. The third-order valence-corrected chi connectivity index (χ3v) is 9.60. The molecule has 5 aromatic carbocycles. The molecule has 0 aliphatic carbocycles. The largest absolute Gasteiger partial charge is 0.790 e. The molecule has 0 bridgehead atoms. The number of rotatable bonds is 18. The smallest absolute Gasteiger partial charge is 0.268 e. The Morgan fingerprint density at radius 2 is 1.15 bits per heavy atom. The fourth-order valence-electron chi connectivity index (χ4n) is 5.36. The van der Waals surface area contributed by atoms with Crippen LogP contribution in [0.25, 0.3) is 43.1 Å². The third-order valence-electron chi connectivity index (χ3n) is 7.08. The van der Waals surface area contributed by atoms with Gasteiger partial charge in [-0.2, -0.15) is 0 Å². The normalized spacial score (nSPS) is 15.9. The van der Waals surface area contributed by atoms with Gasteiger partial charge in [-0.1, -0.05) is 66.7 Å². The van der Waals surface area contributed by atoms with Gasteiger partial charge in [0.1, 0.15) is 0 Å². The van der Waals surface area contributed by atoms with Crippen molar-refractivity contribution in [1.82, 2.24) is 0 Å². The summed E-state index contributed by atoms with van der Waals surface area (Å²) in [7, 11) is -15.1. The monoisotopic (exact) mass is 693 g/mol. The van der Waals surface area contributed by atoms with Gasteiger partial charge in [0.05, 0.1) is 53.6 Å². The van der Waals surface area contributed by atoms with Crippen molar-refractivity contribution in [3.8, 4) is 0 Å². The molecule has 248 valence electrons. The second-order valence-electron chi connectivity index (χ2n) is 10.2. The fraction of sp³-hybridized carbons (Fsp3) is 0.310. The Bertz CT molecular complexity index is 1900. The van der Waals surface area contributed by atoms with Gasteiger partial charge in [-0.25, -0.2) is 0 Å². The van der Waals surface area contributed by atoms with Gasteiger partial charge in [0.15, 0.2) is 0 Å². The Balaban J connectivity index is 1.30. The topological polar surface area (TPSA) is 225 Å². The lowest BCUT2D eigenvalue weighted by Crippen LogP contribution is -2.28. The summed E-state index contributed by atoms with van der Waals surface area (Å²) in [6.07, 6.45) is -1.58. The summed E-state index contributed by atoms with van der Waals surface area (Å²) in [5.74, 6) is 0. The molecule has 0 radical (unpaired) electrons. The lowest BCUT2D eigenvalue weighted by molar-refractivity contribution is -0.343. The van der Waals surface area contributed by atoms with E-state index < -0.39 is 49.4 Å². The Kier molecular flexibility index (Phi) is 11.3. The molecular weight excluding hydrogens is 663 g/mol. The molecule has 3 atom stereocenters. The number of hydrogen-bond donors (Lipinski definition) is 1. The number of hydrogen-bond acceptors (Lipinski definition) is 14. The molecule has 0 amide bonds. The summed E-state index contributed by atoms with van der Waals surface area (Å²) in [6, 6.07) is 21.6. The molecule has 5 aromatic rings. The van der Waals surface area contributed by atoms with Gasteiger partial charge in [-0.05, 0) is 48.7 Å². The van der Waals surface area contributed by atoms with Crippen LogP contribution in [-0.4, -0.2) is 52.3 Å². The molecule has 0 heterocycles. The van der Waals surface area contributed by atoms with E-state index in [1.54, 1.807) is 6.07 Å². The summed E-state index contributed by atoms with van der Waals surface area (Å²) in [5, 5.41) is 8.01. The molecule has 17 heteroatoms. The Labute approximate surface area is 263 Å². The lowest BCUT2D eigenvalue weighted by atomic mass is 9.87. The van der Waals surface area contributed by atoms with E-state index in [1.165, 1.54) is 0 Å². The van der Waals surface area contributed by atoms with Crippen molar-refractivity contribution in [3.05, 3.63) is 72.3 Å². The first-order valence-corrected chi connectivity index (χ1v) is 18.5. The van der Waals surface area contributed by atoms with E-state index in [0.29, 0.717) is 5.56 Å². The van der Waals surface area contributed by atoms with Crippen molar-refractivity contribution in [2.75, 3.05) is 46.2 Å². The van der Waals surface area contributed by atoms with Crippen LogP contribution < -0.4 is 25.3 Å². The third kappa shape index (κ3) is 8.76. The molecule has 0 aliphatic heterocycles. The van der Waals surface area contributed by atoms with Crippen LogP contribution in [0, 0.1) is 0 Å². The first kappa shape index (κ1) is 35.0. The predicted molar refractivity (Wildman–Crippen MR) is 163 cm³/mol. The van der Waals surface area contributed by atoms with Crippen molar-refractivity contribution >= 4 is 66.6 Å². The van der Waals surface area contributed by atoms with Crippen molar-refractivity contribution in [2.45, 2.75) is 12.5 Å². The minimum atomic E-state index is -5.47. The molecule has 0 aliphatic rings. The van der Waals surface area contributed by atoms with Crippen LogP contribution in [0.1, 0.15) is 5.56 Å². The van der Waals surface area contributed by atoms with Gasteiger partial charge in [0.25, 0.3) is 15.6 Å². The summed E-state index contributed by atoms with van der Waals surface area (Å²) in [6.45, 7) is -2.55. The summed E-state index contributed by atoms with van der Waals surface area (Å²) < 4.78 is 63.9. The minimum Gasteiger partial charge on any atom is -0.790 e. The highest BCUT2D eigenvalue weighted by Gasteiger charge is 2.22. The van der Waals surface area contributed by atoms with Gasteiger partial charge in [0.2, 0.25) is 0 Å². The van der Waals surface area contributed by atoms with Gasteiger partial charge in [-0.3, -0.25) is 9.13 Å². The molecule has 14 nitrogen and oxygen atoms in total. The molecule has 5 rings (SSSR count). The van der Waals surface area contributed by atoms with E-state index in [0.717, 1.165) is 43.1 Å². The van der Waals surface area contributed by atoms with E-state index in [-0.39, 0.29) is 32.8 Å². The second kappa shape index (κ2) is 14.8. The molecule has 0 saturated carbocycles. The van der Waals surface area contributed by atoms with Crippen LogP contribution in [0.3, 0.4) is 0 Å². The highest BCUT2D eigenvalue weighted by Crippen LogP contribution is 2.44. The first-order valence-electron chi connectivity index (χ1n) is 14.1. The molecule has 0 fully saturated rings. The van der Waals surface area contributed by atoms with Crippen LogP contribution >= 0.6 is 23.5 Å². The van der Waals surface area contributed by atoms with E-state index >= 15 is 0 Å². The zero-order valence-electron chi connectivity index (χ0n) is 24.3. The zero-order valence-corrected chi connectivity index (χ0v) is 27.0. The molecule has 46 heavy (non-hydrogen) atoms. The van der Waals surface area contributed by atoms with Crippen LogP contribution in [0.2, 0.25) is 0 Å². The highest BCUT2D eigenvalue weighted by atomic mass is 31.2. The van der Waals surface area contributed by atoms with Gasteiger partial charge in [-0.15, -0.1) is 0 Å². The van der Waals surface area contributed by atoms with E-state index in [9.17, 15) is 33.3 Å². The number of phosphoric acid groups is 3. The van der Waals surface area contributed by atoms with Crippen LogP contribution in [-0.2, 0) is 47.5 Å². The average Bonchev–Trinajstić information content (AvgIpc) is 3.01. The Morgan fingerprint density at radius 3 is 1.78 bits per heavy atom. The maximum atomic E-state index is 12.7. The molecule has 2 N–H and O–H groups in total. The van der Waals surface area contributed by atoms with E-state index in [1.807, 2.05) is 60.7 Å². The quantitative estimate of drug-likeness (QED) is 0.0602. The highest BCUT2D eigenvalue weighted by molar-refractivity contribution is 7.46. The van der Waals surface area contributed by atoms with Crippen LogP contribution in [0.15, 0.2) is 66.7 Å². The van der Waals surface area contributed by atoms with Crippen molar-refractivity contribution < 1.29 is 60.6 Å².